The second-order valence-electron chi connectivity index (χ2n) is 6.60. The maximum Gasteiger partial charge on any atom is 0.243 e. The zero-order chi connectivity index (χ0) is 20.0. The predicted molar refractivity (Wildman–Crippen MR) is 103 cm³/mol. The number of halogens is 1. The normalized spacial score (nSPS) is 10.4. The average Bonchev–Trinajstić information content (AvgIpc) is 2.59. The van der Waals surface area contributed by atoms with Crippen LogP contribution in [-0.4, -0.2) is 36.9 Å². The van der Waals surface area contributed by atoms with Crippen LogP contribution in [0.1, 0.15) is 23.1 Å². The number of ether oxygens (including phenoxy) is 1. The number of likely N-dealkylation sites (N-methyl/N-ethyl adjacent to an activating group) is 1. The smallest absolute Gasteiger partial charge is 0.243 e. The molecule has 144 valence electrons. The summed E-state index contributed by atoms with van der Waals surface area (Å²) in [4.78, 5) is 25.8. The minimum absolute atomic E-state index is 0.0436. The molecular formula is C21H25FN2O3. The Morgan fingerprint density at radius 2 is 1.74 bits per heavy atom. The lowest BCUT2D eigenvalue weighted by atomic mass is 10.1. The summed E-state index contributed by atoms with van der Waals surface area (Å²) >= 11 is 0. The van der Waals surface area contributed by atoms with Gasteiger partial charge in [-0.1, -0.05) is 29.8 Å². The van der Waals surface area contributed by atoms with E-state index in [0.717, 1.165) is 22.4 Å². The van der Waals surface area contributed by atoms with Gasteiger partial charge in [-0.05, 0) is 44.0 Å². The van der Waals surface area contributed by atoms with Gasteiger partial charge in [0.1, 0.15) is 0 Å². The van der Waals surface area contributed by atoms with Crippen LogP contribution >= 0.6 is 0 Å². The van der Waals surface area contributed by atoms with Crippen LogP contribution in [0.15, 0.2) is 36.4 Å². The van der Waals surface area contributed by atoms with Crippen molar-refractivity contribution in [3.8, 4) is 5.75 Å². The standard InChI is InChI=1S/C21H25FN2O3/c1-14-11-15(2)21(16(3)12-14)23-19(25)13-24(4)20(26)9-10-27-18-8-6-5-7-17(18)22/h5-8,11-12H,9-10,13H2,1-4H3,(H,23,25). The fourth-order valence-electron chi connectivity index (χ4n) is 2.86. The summed E-state index contributed by atoms with van der Waals surface area (Å²) in [5.74, 6) is -0.882. The zero-order valence-electron chi connectivity index (χ0n) is 16.1. The van der Waals surface area contributed by atoms with Gasteiger partial charge >= 0.3 is 0 Å². The lowest BCUT2D eigenvalue weighted by Crippen LogP contribution is -2.35. The van der Waals surface area contributed by atoms with Crippen LogP contribution in [0.2, 0.25) is 0 Å². The number of nitrogens with zero attached hydrogens (tertiary/aromatic N) is 1. The third-order valence-electron chi connectivity index (χ3n) is 4.16. The first-order valence-corrected chi connectivity index (χ1v) is 8.77. The molecular weight excluding hydrogens is 347 g/mol. The van der Waals surface area contributed by atoms with Crippen molar-refractivity contribution in [3.05, 3.63) is 58.9 Å². The van der Waals surface area contributed by atoms with Gasteiger partial charge in [-0.3, -0.25) is 9.59 Å². The molecule has 0 fully saturated rings. The number of nitrogens with one attached hydrogen (secondary N) is 1. The highest BCUT2D eigenvalue weighted by Gasteiger charge is 2.15. The number of carbonyl (C=O) groups excluding carboxylic acids is 2. The minimum atomic E-state index is -0.471. The average molecular weight is 372 g/mol. The fourth-order valence-corrected chi connectivity index (χ4v) is 2.86. The summed E-state index contributed by atoms with van der Waals surface area (Å²) in [7, 11) is 1.56. The zero-order valence-corrected chi connectivity index (χ0v) is 16.1. The molecule has 2 amide bonds. The highest BCUT2D eigenvalue weighted by molar-refractivity contribution is 5.95. The Morgan fingerprint density at radius 1 is 1.11 bits per heavy atom. The van der Waals surface area contributed by atoms with Gasteiger partial charge in [0.25, 0.3) is 0 Å². The van der Waals surface area contributed by atoms with Crippen molar-refractivity contribution in [1.29, 1.82) is 0 Å². The van der Waals surface area contributed by atoms with Crippen molar-refractivity contribution >= 4 is 17.5 Å². The van der Waals surface area contributed by atoms with Crippen LogP contribution in [0.5, 0.6) is 5.75 Å². The van der Waals surface area contributed by atoms with Crippen molar-refractivity contribution < 1.29 is 18.7 Å². The van der Waals surface area contributed by atoms with Crippen LogP contribution in [0.4, 0.5) is 10.1 Å². The van der Waals surface area contributed by atoms with Crippen molar-refractivity contribution in [3.63, 3.8) is 0 Å². The summed E-state index contributed by atoms with van der Waals surface area (Å²) in [6, 6.07) is 10.0. The van der Waals surface area contributed by atoms with Crippen molar-refractivity contribution in [2.45, 2.75) is 27.2 Å². The SMILES string of the molecule is Cc1cc(C)c(NC(=O)CN(C)C(=O)CCOc2ccccc2F)c(C)c1. The largest absolute Gasteiger partial charge is 0.490 e. The molecule has 0 unspecified atom stereocenters. The number of hydrogen-bond acceptors (Lipinski definition) is 3. The number of anilines is 1. The first-order valence-electron chi connectivity index (χ1n) is 8.77. The summed E-state index contributed by atoms with van der Waals surface area (Å²) in [5.41, 5.74) is 3.86. The van der Waals surface area contributed by atoms with Gasteiger partial charge in [0.15, 0.2) is 11.6 Å². The quantitative estimate of drug-likeness (QED) is 0.808. The molecule has 0 aliphatic carbocycles. The number of rotatable bonds is 7. The van der Waals surface area contributed by atoms with E-state index >= 15 is 0 Å². The minimum Gasteiger partial charge on any atom is -0.490 e. The Bertz CT molecular complexity index is 813. The summed E-state index contributed by atoms with van der Waals surface area (Å²) in [5, 5.41) is 2.87. The summed E-state index contributed by atoms with van der Waals surface area (Å²) < 4.78 is 18.7. The van der Waals surface area contributed by atoms with Gasteiger partial charge in [0.2, 0.25) is 11.8 Å². The van der Waals surface area contributed by atoms with E-state index in [4.69, 9.17) is 4.74 Å². The number of para-hydroxylation sites is 1. The molecule has 0 aliphatic heterocycles. The van der Waals surface area contributed by atoms with E-state index in [9.17, 15) is 14.0 Å². The van der Waals surface area contributed by atoms with Gasteiger partial charge in [0, 0.05) is 12.7 Å². The number of benzene rings is 2. The maximum atomic E-state index is 13.5. The molecule has 0 heterocycles. The Morgan fingerprint density at radius 3 is 2.37 bits per heavy atom. The Balaban J connectivity index is 1.83. The van der Waals surface area contributed by atoms with E-state index in [-0.39, 0.29) is 37.1 Å². The molecule has 0 atom stereocenters. The molecule has 0 bridgehead atoms. The molecule has 6 heteroatoms. The van der Waals surface area contributed by atoms with Gasteiger partial charge in [-0.2, -0.15) is 0 Å². The van der Waals surface area contributed by atoms with Crippen LogP contribution in [0.25, 0.3) is 0 Å². The molecule has 2 rings (SSSR count). The van der Waals surface area contributed by atoms with Gasteiger partial charge < -0.3 is 15.0 Å². The van der Waals surface area contributed by atoms with E-state index in [2.05, 4.69) is 5.32 Å². The molecule has 1 N–H and O–H groups in total. The molecule has 0 saturated heterocycles. The first-order chi connectivity index (χ1) is 12.8. The van der Waals surface area contributed by atoms with Crippen LogP contribution in [-0.2, 0) is 9.59 Å². The number of amides is 2. The van der Waals surface area contributed by atoms with Gasteiger partial charge in [-0.25, -0.2) is 4.39 Å². The number of carbonyl (C=O) groups is 2. The molecule has 2 aromatic carbocycles. The van der Waals surface area contributed by atoms with E-state index in [1.54, 1.807) is 19.2 Å². The lowest BCUT2D eigenvalue weighted by molar-refractivity contribution is -0.133. The molecule has 0 saturated carbocycles. The second kappa shape index (κ2) is 9.16. The highest BCUT2D eigenvalue weighted by atomic mass is 19.1. The van der Waals surface area contributed by atoms with Crippen molar-refractivity contribution in [2.75, 3.05) is 25.5 Å². The molecule has 0 radical (unpaired) electrons. The molecule has 0 spiro atoms. The van der Waals surface area contributed by atoms with E-state index in [0.29, 0.717) is 0 Å². The third-order valence-corrected chi connectivity index (χ3v) is 4.16. The van der Waals surface area contributed by atoms with Crippen LogP contribution in [0.3, 0.4) is 0 Å². The van der Waals surface area contributed by atoms with E-state index in [1.807, 2.05) is 32.9 Å². The molecule has 27 heavy (non-hydrogen) atoms. The van der Waals surface area contributed by atoms with Crippen molar-refractivity contribution in [1.82, 2.24) is 4.90 Å². The number of hydrogen-bond donors (Lipinski definition) is 1. The summed E-state index contributed by atoms with van der Waals surface area (Å²) in [6.07, 6.45) is 0.0563. The van der Waals surface area contributed by atoms with Gasteiger partial charge in [-0.15, -0.1) is 0 Å². The molecule has 5 nitrogen and oxygen atoms in total. The highest BCUT2D eigenvalue weighted by Crippen LogP contribution is 2.21. The van der Waals surface area contributed by atoms with E-state index in [1.165, 1.54) is 17.0 Å². The predicted octanol–water partition coefficient (Wildman–Crippen LogP) is 3.62. The first kappa shape index (κ1) is 20.4. The van der Waals surface area contributed by atoms with Gasteiger partial charge in [0.05, 0.1) is 19.6 Å². The Labute approximate surface area is 159 Å². The summed E-state index contributed by atoms with van der Waals surface area (Å²) in [6.45, 7) is 5.85. The lowest BCUT2D eigenvalue weighted by Gasteiger charge is -2.18. The second-order valence-corrected chi connectivity index (χ2v) is 6.60. The van der Waals surface area contributed by atoms with Crippen LogP contribution < -0.4 is 10.1 Å². The van der Waals surface area contributed by atoms with Crippen LogP contribution in [0, 0.1) is 26.6 Å². The topological polar surface area (TPSA) is 58.6 Å². The fraction of sp³-hybridized carbons (Fsp3) is 0.333. The monoisotopic (exact) mass is 372 g/mol. The molecule has 0 aliphatic rings. The number of aryl methyl sites for hydroxylation is 3. The van der Waals surface area contributed by atoms with E-state index < -0.39 is 5.82 Å². The molecule has 2 aromatic rings. The van der Waals surface area contributed by atoms with Crippen molar-refractivity contribution in [2.24, 2.45) is 0 Å². The third kappa shape index (κ3) is 5.81. The maximum absolute atomic E-state index is 13.5. The Kier molecular flexibility index (Phi) is 6.93. The Hall–Kier alpha value is -2.89. The molecule has 0 aromatic heterocycles.